The van der Waals surface area contributed by atoms with Crippen LogP contribution in [0.25, 0.3) is 16.7 Å². The summed E-state index contributed by atoms with van der Waals surface area (Å²) in [6, 6.07) is 5.86. The number of rotatable bonds is 5. The molecule has 8 nitrogen and oxygen atoms in total. The highest BCUT2D eigenvalue weighted by atomic mass is 32.2. The number of aromatic nitrogens is 4. The zero-order valence-corrected chi connectivity index (χ0v) is 18.4. The zero-order valence-electron chi connectivity index (χ0n) is 17.6. The minimum Gasteiger partial charge on any atom is -0.376 e. The van der Waals surface area contributed by atoms with E-state index in [1.165, 1.54) is 17.3 Å². The van der Waals surface area contributed by atoms with Gasteiger partial charge < -0.3 is 10.1 Å². The summed E-state index contributed by atoms with van der Waals surface area (Å²) in [5.74, 6) is 0.589. The molecule has 0 saturated carbocycles. The van der Waals surface area contributed by atoms with Gasteiger partial charge in [0.25, 0.3) is 5.56 Å². The second kappa shape index (κ2) is 8.12. The highest BCUT2D eigenvalue weighted by Crippen LogP contribution is 2.33. The maximum Gasteiger partial charge on any atom is 0.265 e. The summed E-state index contributed by atoms with van der Waals surface area (Å²) < 4.78 is 8.93. The average molecular weight is 440 g/mol. The number of hydrogen-bond donors (Lipinski definition) is 1. The number of amides is 1. The second-order valence-corrected chi connectivity index (χ2v) is 9.23. The van der Waals surface area contributed by atoms with Crippen molar-refractivity contribution in [2.45, 2.75) is 50.4 Å². The van der Waals surface area contributed by atoms with Gasteiger partial charge in [0.05, 0.1) is 24.0 Å². The Bertz CT molecular complexity index is 1210. The maximum absolute atomic E-state index is 13.2. The van der Waals surface area contributed by atoms with Crippen LogP contribution in [0.1, 0.15) is 36.4 Å². The molecule has 3 aromatic rings. The summed E-state index contributed by atoms with van der Waals surface area (Å²) in [4.78, 5) is 30.5. The van der Waals surface area contributed by atoms with Crippen LogP contribution in [0.15, 0.2) is 34.3 Å². The van der Waals surface area contributed by atoms with Crippen molar-refractivity contribution in [3.05, 3.63) is 45.9 Å². The number of carbonyl (C=O) groups excluding carboxylic acids is 1. The topological polar surface area (TPSA) is 91.0 Å². The Hall–Kier alpha value is -2.65. The number of nitrogens with zero attached hydrogens (tertiary/aromatic N) is 4. The lowest BCUT2D eigenvalue weighted by atomic mass is 10.1. The van der Waals surface area contributed by atoms with Gasteiger partial charge in [0.1, 0.15) is 5.39 Å². The van der Waals surface area contributed by atoms with Crippen molar-refractivity contribution < 1.29 is 9.53 Å². The number of thioether (sulfide) groups is 1. The maximum atomic E-state index is 13.2. The summed E-state index contributed by atoms with van der Waals surface area (Å²) in [7, 11) is 0. The van der Waals surface area contributed by atoms with Crippen LogP contribution in [0.5, 0.6) is 0 Å². The third-order valence-electron chi connectivity index (χ3n) is 6.08. The van der Waals surface area contributed by atoms with Crippen molar-refractivity contribution in [3.8, 4) is 5.69 Å². The highest BCUT2D eigenvalue weighted by Gasteiger charge is 2.30. The molecule has 0 spiro atoms. The minimum absolute atomic E-state index is 0.0632. The molecule has 4 heterocycles. The van der Waals surface area contributed by atoms with E-state index < -0.39 is 0 Å². The number of fused-ring (bicyclic) bond motifs is 2. The lowest BCUT2D eigenvalue weighted by Gasteiger charge is -2.15. The molecule has 0 aliphatic carbocycles. The van der Waals surface area contributed by atoms with Crippen LogP contribution in [0.2, 0.25) is 0 Å². The van der Waals surface area contributed by atoms with E-state index in [0.29, 0.717) is 28.5 Å². The fourth-order valence-corrected chi connectivity index (χ4v) is 5.28. The van der Waals surface area contributed by atoms with Gasteiger partial charge in [-0.15, -0.1) is 0 Å². The van der Waals surface area contributed by atoms with Gasteiger partial charge in [-0.3, -0.25) is 14.2 Å². The Morgan fingerprint density at radius 1 is 1.32 bits per heavy atom. The molecule has 2 unspecified atom stereocenters. The molecule has 31 heavy (non-hydrogen) atoms. The summed E-state index contributed by atoms with van der Waals surface area (Å²) in [6.45, 7) is 5.40. The highest BCUT2D eigenvalue weighted by molar-refractivity contribution is 7.99. The lowest BCUT2D eigenvalue weighted by Crippen LogP contribution is -2.34. The summed E-state index contributed by atoms with van der Waals surface area (Å²) in [5.41, 5.74) is 3.64. The molecule has 2 aliphatic heterocycles. The quantitative estimate of drug-likeness (QED) is 0.615. The van der Waals surface area contributed by atoms with E-state index in [4.69, 9.17) is 9.72 Å². The van der Waals surface area contributed by atoms with Gasteiger partial charge >= 0.3 is 0 Å². The van der Waals surface area contributed by atoms with Crippen LogP contribution in [0.4, 0.5) is 0 Å². The Balaban J connectivity index is 1.40. The standard InChI is InChI=1S/C22H25N5O3S/c1-13-5-6-15(8-14(13)2)27-20-18(11-24-27)21(29)26-16(12-31-22(26)25-20)9-19(28)23-10-17-4-3-7-30-17/h5-6,8,11,16-17H,3-4,7,9-10,12H2,1-2H3,(H,23,28). The normalized spacial score (nSPS) is 20.3. The van der Waals surface area contributed by atoms with Crippen LogP contribution in [0, 0.1) is 13.8 Å². The number of carbonyl (C=O) groups is 1. The third kappa shape index (κ3) is 3.76. The molecule has 2 aromatic heterocycles. The molecule has 1 aromatic carbocycles. The van der Waals surface area contributed by atoms with Gasteiger partial charge in [-0.2, -0.15) is 5.10 Å². The number of ether oxygens (including phenoxy) is 1. The van der Waals surface area contributed by atoms with Crippen LogP contribution < -0.4 is 10.9 Å². The summed E-state index contributed by atoms with van der Waals surface area (Å²) in [5, 5.41) is 8.49. The Labute approximate surface area is 184 Å². The molecule has 162 valence electrons. The predicted octanol–water partition coefficient (Wildman–Crippen LogP) is 2.53. The third-order valence-corrected chi connectivity index (χ3v) is 7.18. The van der Waals surface area contributed by atoms with E-state index >= 15 is 0 Å². The van der Waals surface area contributed by atoms with E-state index in [1.807, 2.05) is 18.2 Å². The average Bonchev–Trinajstić information content (AvgIpc) is 3.49. The predicted molar refractivity (Wildman–Crippen MR) is 119 cm³/mol. The first-order valence-electron chi connectivity index (χ1n) is 10.6. The number of aryl methyl sites for hydroxylation is 2. The van der Waals surface area contributed by atoms with Gasteiger partial charge in [0, 0.05) is 25.3 Å². The summed E-state index contributed by atoms with van der Waals surface area (Å²) >= 11 is 1.51. The van der Waals surface area contributed by atoms with Crippen molar-refractivity contribution >= 4 is 28.7 Å². The monoisotopic (exact) mass is 439 g/mol. The Morgan fingerprint density at radius 3 is 2.97 bits per heavy atom. The largest absolute Gasteiger partial charge is 0.376 e. The first-order valence-corrected chi connectivity index (χ1v) is 11.6. The number of benzene rings is 1. The van der Waals surface area contributed by atoms with Crippen LogP contribution in [0.3, 0.4) is 0 Å². The van der Waals surface area contributed by atoms with E-state index in [9.17, 15) is 9.59 Å². The molecule has 2 aliphatic rings. The molecule has 5 rings (SSSR count). The van der Waals surface area contributed by atoms with Crippen molar-refractivity contribution in [2.75, 3.05) is 18.9 Å². The number of hydrogen-bond acceptors (Lipinski definition) is 6. The first kappa shape index (κ1) is 20.3. The van der Waals surface area contributed by atoms with Gasteiger partial charge in [-0.25, -0.2) is 9.67 Å². The van der Waals surface area contributed by atoms with Gasteiger partial charge in [0.15, 0.2) is 10.8 Å². The van der Waals surface area contributed by atoms with Crippen molar-refractivity contribution in [1.29, 1.82) is 0 Å². The lowest BCUT2D eigenvalue weighted by molar-refractivity contribution is -0.122. The molecule has 2 atom stereocenters. The Kier molecular flexibility index (Phi) is 5.31. The minimum atomic E-state index is -0.209. The molecule has 1 amide bonds. The summed E-state index contributed by atoms with van der Waals surface area (Å²) in [6.07, 6.45) is 3.96. The van der Waals surface area contributed by atoms with Gasteiger partial charge in [-0.05, 0) is 49.9 Å². The van der Waals surface area contributed by atoms with Crippen LogP contribution in [-0.2, 0) is 9.53 Å². The fourth-order valence-electron chi connectivity index (χ4n) is 4.15. The van der Waals surface area contributed by atoms with E-state index in [1.54, 1.807) is 15.4 Å². The SMILES string of the molecule is Cc1ccc(-n2ncc3c(=O)n4c(nc32)SCC4CC(=O)NCC2CCCO2)cc1C. The van der Waals surface area contributed by atoms with Crippen molar-refractivity contribution in [3.63, 3.8) is 0 Å². The Morgan fingerprint density at radius 2 is 2.19 bits per heavy atom. The van der Waals surface area contributed by atoms with E-state index in [0.717, 1.165) is 30.7 Å². The van der Waals surface area contributed by atoms with E-state index in [2.05, 4.69) is 24.3 Å². The van der Waals surface area contributed by atoms with E-state index in [-0.39, 0.29) is 30.0 Å². The molecule has 1 saturated heterocycles. The first-order chi connectivity index (χ1) is 15.0. The number of nitrogens with one attached hydrogen (secondary N) is 1. The van der Waals surface area contributed by atoms with Crippen LogP contribution in [-0.4, -0.2) is 50.2 Å². The smallest absolute Gasteiger partial charge is 0.265 e. The zero-order chi connectivity index (χ0) is 21.5. The van der Waals surface area contributed by atoms with Crippen LogP contribution >= 0.6 is 11.8 Å². The van der Waals surface area contributed by atoms with Crippen molar-refractivity contribution in [2.24, 2.45) is 0 Å². The molecule has 9 heteroatoms. The molecule has 1 N–H and O–H groups in total. The molecular formula is C22H25N5O3S. The molecule has 1 fully saturated rings. The molecule has 0 bridgehead atoms. The van der Waals surface area contributed by atoms with Gasteiger partial charge in [-0.1, -0.05) is 17.8 Å². The van der Waals surface area contributed by atoms with Crippen molar-refractivity contribution in [1.82, 2.24) is 24.6 Å². The fraction of sp³-hybridized carbons (Fsp3) is 0.455. The molecular weight excluding hydrogens is 414 g/mol. The second-order valence-electron chi connectivity index (χ2n) is 8.24. The van der Waals surface area contributed by atoms with Gasteiger partial charge in [0.2, 0.25) is 5.91 Å². The molecule has 0 radical (unpaired) electrons.